The van der Waals surface area contributed by atoms with Crippen molar-refractivity contribution < 1.29 is 18.3 Å². The van der Waals surface area contributed by atoms with Crippen LogP contribution in [0.5, 0.6) is 0 Å². The van der Waals surface area contributed by atoms with Crippen LogP contribution in [0, 0.1) is 23.1 Å². The molecule has 0 aliphatic heterocycles. The lowest BCUT2D eigenvalue weighted by atomic mass is 9.87. The van der Waals surface area contributed by atoms with Crippen molar-refractivity contribution in [3.05, 3.63) is 47.5 Å². The maximum absolute atomic E-state index is 12.9. The van der Waals surface area contributed by atoms with Gasteiger partial charge in [-0.05, 0) is 61.9 Å². The Hall–Kier alpha value is -2.22. The summed E-state index contributed by atoms with van der Waals surface area (Å²) in [6.07, 6.45) is 3.74. The maximum atomic E-state index is 12.9. The van der Waals surface area contributed by atoms with Gasteiger partial charge in [-0.3, -0.25) is 0 Å². The first-order valence-electron chi connectivity index (χ1n) is 6.82. The van der Waals surface area contributed by atoms with Gasteiger partial charge in [0.25, 0.3) is 0 Å². The van der Waals surface area contributed by atoms with Crippen LogP contribution in [0.4, 0.5) is 8.78 Å². The summed E-state index contributed by atoms with van der Waals surface area (Å²) in [5, 5.41) is 8.39. The Morgan fingerprint density at radius 1 is 1.24 bits per heavy atom. The van der Waals surface area contributed by atoms with Gasteiger partial charge in [0.2, 0.25) is 0 Å². The lowest BCUT2D eigenvalue weighted by Gasteiger charge is -2.26. The number of rotatable bonds is 3. The Bertz CT molecular complexity index is 567. The molecule has 110 valence electrons. The molecule has 1 fully saturated rings. The third-order valence-electron chi connectivity index (χ3n) is 3.56. The van der Waals surface area contributed by atoms with E-state index in [1.165, 1.54) is 36.4 Å². The number of hydrogen-bond acceptors (Lipinski definition) is 3. The summed E-state index contributed by atoms with van der Waals surface area (Å²) in [7, 11) is 0. The van der Waals surface area contributed by atoms with Gasteiger partial charge in [-0.25, -0.2) is 9.18 Å². The molecule has 0 saturated heterocycles. The number of nitriles is 1. The first kappa shape index (κ1) is 15.2. The van der Waals surface area contributed by atoms with E-state index in [1.54, 1.807) is 0 Å². The van der Waals surface area contributed by atoms with E-state index in [0.717, 1.165) is 0 Å². The van der Waals surface area contributed by atoms with Gasteiger partial charge in [0.1, 0.15) is 18.0 Å². The maximum Gasteiger partial charge on any atom is 0.338 e. The Balaban J connectivity index is 1.85. The van der Waals surface area contributed by atoms with E-state index in [0.29, 0.717) is 31.2 Å². The fourth-order valence-electron chi connectivity index (χ4n) is 2.42. The van der Waals surface area contributed by atoms with Crippen LogP contribution in [0.1, 0.15) is 36.0 Å². The van der Waals surface area contributed by atoms with Crippen molar-refractivity contribution in [2.45, 2.75) is 31.8 Å². The van der Waals surface area contributed by atoms with Crippen LogP contribution in [0.2, 0.25) is 0 Å². The zero-order valence-corrected chi connectivity index (χ0v) is 11.4. The van der Waals surface area contributed by atoms with Crippen molar-refractivity contribution in [1.29, 1.82) is 5.26 Å². The quantitative estimate of drug-likeness (QED) is 0.626. The minimum Gasteiger partial charge on any atom is -0.459 e. The van der Waals surface area contributed by atoms with Gasteiger partial charge in [0, 0.05) is 0 Å². The molecular formula is C16H15F2NO2. The van der Waals surface area contributed by atoms with Crippen molar-refractivity contribution in [2.24, 2.45) is 5.92 Å². The summed E-state index contributed by atoms with van der Waals surface area (Å²) < 4.78 is 31.0. The molecular weight excluding hydrogens is 276 g/mol. The van der Waals surface area contributed by atoms with Gasteiger partial charge >= 0.3 is 5.97 Å². The number of nitrogens with zero attached hydrogens (tertiary/aromatic N) is 1. The van der Waals surface area contributed by atoms with Crippen molar-refractivity contribution in [2.75, 3.05) is 0 Å². The summed E-state index contributed by atoms with van der Waals surface area (Å²) in [5.74, 6) is -1.62. The van der Waals surface area contributed by atoms with E-state index < -0.39 is 17.6 Å². The molecule has 5 heteroatoms. The van der Waals surface area contributed by atoms with E-state index in [-0.39, 0.29) is 12.0 Å². The molecule has 0 spiro atoms. The fourth-order valence-corrected chi connectivity index (χ4v) is 2.42. The van der Waals surface area contributed by atoms with Gasteiger partial charge in [0.05, 0.1) is 5.56 Å². The molecule has 1 aromatic rings. The topological polar surface area (TPSA) is 50.1 Å². The molecule has 1 aliphatic rings. The lowest BCUT2D eigenvalue weighted by molar-refractivity contribution is 0.0184. The average molecular weight is 291 g/mol. The summed E-state index contributed by atoms with van der Waals surface area (Å²) in [6.45, 7) is 0. The Labute approximate surface area is 121 Å². The number of benzene rings is 1. The van der Waals surface area contributed by atoms with Gasteiger partial charge in [-0.15, -0.1) is 0 Å². The smallest absolute Gasteiger partial charge is 0.338 e. The molecule has 0 radical (unpaired) electrons. The number of ether oxygens (including phenoxy) is 1. The molecule has 1 aliphatic carbocycles. The predicted molar refractivity (Wildman–Crippen MR) is 72.4 cm³/mol. The number of allylic oxidation sites excluding steroid dienone is 2. The van der Waals surface area contributed by atoms with Gasteiger partial charge < -0.3 is 4.74 Å². The zero-order chi connectivity index (χ0) is 15.2. The third kappa shape index (κ3) is 4.38. The molecule has 3 nitrogen and oxygen atoms in total. The third-order valence-corrected chi connectivity index (χ3v) is 3.56. The van der Waals surface area contributed by atoms with Crippen molar-refractivity contribution in [3.63, 3.8) is 0 Å². The van der Waals surface area contributed by atoms with Gasteiger partial charge in [-0.1, -0.05) is 0 Å². The molecule has 2 rings (SSSR count). The van der Waals surface area contributed by atoms with Crippen molar-refractivity contribution in [1.82, 2.24) is 0 Å². The fraction of sp³-hybridized carbons (Fsp3) is 0.375. The molecule has 0 N–H and O–H groups in total. The molecule has 0 heterocycles. The zero-order valence-electron chi connectivity index (χ0n) is 11.4. The molecule has 0 bridgehead atoms. The van der Waals surface area contributed by atoms with E-state index >= 15 is 0 Å². The minimum absolute atomic E-state index is 0.0189. The van der Waals surface area contributed by atoms with E-state index in [2.05, 4.69) is 0 Å². The number of carbonyl (C=O) groups excluding carboxylic acids is 1. The molecule has 1 aromatic carbocycles. The van der Waals surface area contributed by atoms with Crippen LogP contribution in [0.15, 0.2) is 36.2 Å². The van der Waals surface area contributed by atoms with Crippen molar-refractivity contribution >= 4 is 5.97 Å². The van der Waals surface area contributed by atoms with Crippen LogP contribution in [-0.2, 0) is 4.74 Å². The summed E-state index contributed by atoms with van der Waals surface area (Å²) in [6, 6.07) is 6.65. The number of halogens is 2. The molecule has 0 atom stereocenters. The monoisotopic (exact) mass is 291 g/mol. The highest BCUT2D eigenvalue weighted by atomic mass is 19.1. The van der Waals surface area contributed by atoms with E-state index in [9.17, 15) is 13.6 Å². The Morgan fingerprint density at radius 3 is 2.43 bits per heavy atom. The summed E-state index contributed by atoms with van der Waals surface area (Å²) >= 11 is 0. The second-order valence-electron chi connectivity index (χ2n) is 5.08. The average Bonchev–Trinajstić information content (AvgIpc) is 2.49. The molecule has 21 heavy (non-hydrogen) atoms. The molecule has 0 aromatic heterocycles. The minimum atomic E-state index is -0.762. The van der Waals surface area contributed by atoms with Crippen LogP contribution in [0.25, 0.3) is 0 Å². The number of esters is 1. The number of hydrogen-bond donors (Lipinski definition) is 0. The highest BCUT2D eigenvalue weighted by Crippen LogP contribution is 2.28. The van der Waals surface area contributed by atoms with Crippen LogP contribution >= 0.6 is 0 Å². The largest absolute Gasteiger partial charge is 0.459 e. The Morgan fingerprint density at radius 2 is 1.86 bits per heavy atom. The SMILES string of the molecule is N#C/C(F)=C/C1CCC(OC(=O)c2ccc(F)cc2)CC1. The first-order valence-corrected chi connectivity index (χ1v) is 6.82. The van der Waals surface area contributed by atoms with Crippen molar-refractivity contribution in [3.8, 4) is 6.07 Å². The standard InChI is InChI=1S/C16H15F2NO2/c17-13-5-3-12(4-6-13)16(20)21-15-7-1-11(2-8-15)9-14(18)10-19/h3-6,9,11,15H,1-2,7-8H2/b14-9-. The lowest BCUT2D eigenvalue weighted by Crippen LogP contribution is -2.24. The van der Waals surface area contributed by atoms with Crippen LogP contribution in [0.3, 0.4) is 0 Å². The van der Waals surface area contributed by atoms with Gasteiger partial charge in [-0.2, -0.15) is 9.65 Å². The second kappa shape index (κ2) is 6.98. The molecule has 0 amide bonds. The first-order chi connectivity index (χ1) is 10.1. The number of carbonyl (C=O) groups is 1. The normalized spacial score (nSPS) is 22.4. The summed E-state index contributed by atoms with van der Waals surface area (Å²) in [4.78, 5) is 11.9. The second-order valence-corrected chi connectivity index (χ2v) is 5.08. The molecule has 0 unspecified atom stereocenters. The highest BCUT2D eigenvalue weighted by Gasteiger charge is 2.23. The van der Waals surface area contributed by atoms with Crippen LogP contribution < -0.4 is 0 Å². The highest BCUT2D eigenvalue weighted by molar-refractivity contribution is 5.89. The predicted octanol–water partition coefficient (Wildman–Crippen LogP) is 3.92. The van der Waals surface area contributed by atoms with E-state index in [4.69, 9.17) is 10.00 Å². The molecule has 1 saturated carbocycles. The Kier molecular flexibility index (Phi) is 5.04. The van der Waals surface area contributed by atoms with E-state index in [1.807, 2.05) is 0 Å². The summed E-state index contributed by atoms with van der Waals surface area (Å²) in [5.41, 5.74) is 0.314. The van der Waals surface area contributed by atoms with Gasteiger partial charge in [0.15, 0.2) is 5.83 Å². The van der Waals surface area contributed by atoms with Crippen LogP contribution in [-0.4, -0.2) is 12.1 Å².